The van der Waals surface area contributed by atoms with Gasteiger partial charge in [0.2, 0.25) is 5.91 Å². The van der Waals surface area contributed by atoms with Crippen molar-refractivity contribution in [3.63, 3.8) is 0 Å². The molecule has 0 radical (unpaired) electrons. The summed E-state index contributed by atoms with van der Waals surface area (Å²) in [5.74, 6) is 0.742. The largest absolute Gasteiger partial charge is 0.485 e. The SMILES string of the molecule is Cc1ccc(OCC(=O)c2ccc3c(c2)N(CCCC(=O)NCCN(C)C)C(=O)CO3)cc1C. The van der Waals surface area contributed by atoms with Gasteiger partial charge in [-0.3, -0.25) is 14.4 Å². The number of Topliss-reactive ketones (excluding diaryl/α,β-unsaturated/α-hetero) is 1. The molecule has 1 N–H and O–H groups in total. The summed E-state index contributed by atoms with van der Waals surface area (Å²) < 4.78 is 11.2. The molecule has 0 saturated carbocycles. The van der Waals surface area contributed by atoms with Gasteiger partial charge in [0.05, 0.1) is 5.69 Å². The minimum Gasteiger partial charge on any atom is -0.485 e. The van der Waals surface area contributed by atoms with Gasteiger partial charge in [0.15, 0.2) is 19.0 Å². The van der Waals surface area contributed by atoms with Crippen LogP contribution < -0.4 is 19.7 Å². The molecule has 0 bridgehead atoms. The van der Waals surface area contributed by atoms with Gasteiger partial charge in [-0.15, -0.1) is 0 Å². The van der Waals surface area contributed by atoms with Crippen LogP contribution >= 0.6 is 0 Å². The Balaban J connectivity index is 1.60. The zero-order valence-electron chi connectivity index (χ0n) is 20.3. The summed E-state index contributed by atoms with van der Waals surface area (Å²) in [5.41, 5.74) is 3.23. The van der Waals surface area contributed by atoms with Gasteiger partial charge in [-0.25, -0.2) is 0 Å². The van der Waals surface area contributed by atoms with Crippen LogP contribution in [0, 0.1) is 13.8 Å². The third-order valence-corrected chi connectivity index (χ3v) is 5.74. The van der Waals surface area contributed by atoms with Crippen LogP contribution in [0.15, 0.2) is 36.4 Å². The van der Waals surface area contributed by atoms with Gasteiger partial charge in [0.25, 0.3) is 5.91 Å². The molecule has 2 aromatic carbocycles. The number of hydrogen-bond donors (Lipinski definition) is 1. The van der Waals surface area contributed by atoms with Crippen molar-refractivity contribution in [2.45, 2.75) is 26.7 Å². The molecule has 2 aromatic rings. The van der Waals surface area contributed by atoms with Crippen molar-refractivity contribution < 1.29 is 23.9 Å². The van der Waals surface area contributed by atoms with Gasteiger partial charge in [0.1, 0.15) is 11.5 Å². The number of nitrogens with zero attached hydrogens (tertiary/aromatic N) is 2. The van der Waals surface area contributed by atoms with E-state index in [2.05, 4.69) is 5.32 Å². The number of ether oxygens (including phenoxy) is 2. The van der Waals surface area contributed by atoms with Crippen LogP contribution in [0.1, 0.15) is 34.3 Å². The van der Waals surface area contributed by atoms with E-state index in [0.29, 0.717) is 48.7 Å². The average molecular weight is 468 g/mol. The van der Waals surface area contributed by atoms with E-state index >= 15 is 0 Å². The first kappa shape index (κ1) is 25.2. The Hall–Kier alpha value is -3.39. The summed E-state index contributed by atoms with van der Waals surface area (Å²) in [6.07, 6.45) is 0.822. The molecule has 0 spiro atoms. The van der Waals surface area contributed by atoms with Crippen LogP contribution in [0.5, 0.6) is 11.5 Å². The quantitative estimate of drug-likeness (QED) is 0.512. The number of rotatable bonds is 11. The Morgan fingerprint density at radius 2 is 1.91 bits per heavy atom. The third kappa shape index (κ3) is 6.81. The fraction of sp³-hybridized carbons (Fsp3) is 0.423. The molecule has 0 unspecified atom stereocenters. The van der Waals surface area contributed by atoms with Crippen molar-refractivity contribution >= 4 is 23.3 Å². The molecule has 34 heavy (non-hydrogen) atoms. The molecular weight excluding hydrogens is 434 g/mol. The first-order valence-corrected chi connectivity index (χ1v) is 11.5. The van der Waals surface area contributed by atoms with E-state index in [0.717, 1.165) is 17.7 Å². The Kier molecular flexibility index (Phi) is 8.65. The number of amides is 2. The molecule has 1 aliphatic heterocycles. The lowest BCUT2D eigenvalue weighted by Gasteiger charge is -2.29. The van der Waals surface area contributed by atoms with Crippen molar-refractivity contribution in [1.29, 1.82) is 0 Å². The number of benzene rings is 2. The third-order valence-electron chi connectivity index (χ3n) is 5.74. The highest BCUT2D eigenvalue weighted by Crippen LogP contribution is 2.33. The first-order valence-electron chi connectivity index (χ1n) is 11.5. The standard InChI is InChI=1S/C26H33N3O5/c1-18-7-9-21(14-19(18)2)33-16-23(30)20-8-10-24-22(15-20)29(26(32)17-34-24)12-5-6-25(31)27-11-13-28(3)4/h7-10,14-15H,5-6,11-13,16-17H2,1-4H3,(H,27,31). The van der Waals surface area contributed by atoms with Crippen molar-refractivity contribution in [2.75, 3.05) is 51.8 Å². The topological polar surface area (TPSA) is 88.2 Å². The Labute approximate surface area is 200 Å². The molecule has 2 amide bonds. The van der Waals surface area contributed by atoms with Crippen molar-refractivity contribution in [3.05, 3.63) is 53.1 Å². The number of likely N-dealkylation sites (N-methyl/N-ethyl adjacent to an activating group) is 1. The van der Waals surface area contributed by atoms with Crippen LogP contribution in [0.4, 0.5) is 5.69 Å². The molecule has 1 heterocycles. The van der Waals surface area contributed by atoms with Gasteiger partial charge >= 0.3 is 0 Å². The lowest BCUT2D eigenvalue weighted by Crippen LogP contribution is -2.40. The normalized spacial score (nSPS) is 12.9. The molecule has 0 aliphatic carbocycles. The van der Waals surface area contributed by atoms with Gasteiger partial charge < -0.3 is 24.6 Å². The van der Waals surface area contributed by atoms with Crippen LogP contribution in [-0.4, -0.2) is 69.4 Å². The van der Waals surface area contributed by atoms with Gasteiger partial charge in [0, 0.05) is 31.6 Å². The summed E-state index contributed by atoms with van der Waals surface area (Å²) in [5, 5.41) is 2.87. The highest BCUT2D eigenvalue weighted by molar-refractivity contribution is 6.02. The second-order valence-electron chi connectivity index (χ2n) is 8.73. The monoisotopic (exact) mass is 467 g/mol. The van der Waals surface area contributed by atoms with Gasteiger partial charge in [-0.1, -0.05) is 6.07 Å². The number of nitrogens with one attached hydrogen (secondary N) is 1. The average Bonchev–Trinajstić information content (AvgIpc) is 2.80. The summed E-state index contributed by atoms with van der Waals surface area (Å²) in [6.45, 7) is 5.56. The minimum atomic E-state index is -0.198. The van der Waals surface area contributed by atoms with Crippen molar-refractivity contribution in [2.24, 2.45) is 0 Å². The zero-order valence-corrected chi connectivity index (χ0v) is 20.3. The molecule has 3 rings (SSSR count). The summed E-state index contributed by atoms with van der Waals surface area (Å²) >= 11 is 0. The Morgan fingerprint density at radius 1 is 1.12 bits per heavy atom. The van der Waals surface area contributed by atoms with E-state index in [1.807, 2.05) is 51.0 Å². The van der Waals surface area contributed by atoms with Gasteiger partial charge in [-0.05, 0) is 75.8 Å². The molecule has 0 aromatic heterocycles. The first-order chi connectivity index (χ1) is 16.2. The van der Waals surface area contributed by atoms with E-state index in [4.69, 9.17) is 9.47 Å². The number of anilines is 1. The second-order valence-corrected chi connectivity index (χ2v) is 8.73. The van der Waals surface area contributed by atoms with E-state index in [1.165, 1.54) is 0 Å². The molecule has 0 saturated heterocycles. The number of ketones is 1. The zero-order chi connectivity index (χ0) is 24.7. The lowest BCUT2D eigenvalue weighted by molar-refractivity contribution is -0.122. The number of hydrogen-bond acceptors (Lipinski definition) is 6. The number of fused-ring (bicyclic) bond motifs is 1. The predicted molar refractivity (Wildman–Crippen MR) is 131 cm³/mol. The van der Waals surface area contributed by atoms with Crippen LogP contribution in [0.3, 0.4) is 0 Å². The Bertz CT molecular complexity index is 1050. The predicted octanol–water partition coefficient (Wildman–Crippen LogP) is 2.75. The number of carbonyl (C=O) groups is 3. The molecular formula is C26H33N3O5. The van der Waals surface area contributed by atoms with Crippen LogP contribution in [0.25, 0.3) is 0 Å². The number of aryl methyl sites for hydroxylation is 2. The highest BCUT2D eigenvalue weighted by Gasteiger charge is 2.26. The van der Waals surface area contributed by atoms with Crippen molar-refractivity contribution in [1.82, 2.24) is 10.2 Å². The second kappa shape index (κ2) is 11.7. The lowest BCUT2D eigenvalue weighted by atomic mass is 10.1. The van der Waals surface area contributed by atoms with Gasteiger partial charge in [-0.2, -0.15) is 0 Å². The highest BCUT2D eigenvalue weighted by atomic mass is 16.5. The molecule has 0 atom stereocenters. The molecule has 8 nitrogen and oxygen atoms in total. The van der Waals surface area contributed by atoms with Crippen molar-refractivity contribution in [3.8, 4) is 11.5 Å². The van der Waals surface area contributed by atoms with E-state index in [9.17, 15) is 14.4 Å². The summed E-state index contributed by atoms with van der Waals surface area (Å²) in [6, 6.07) is 10.7. The summed E-state index contributed by atoms with van der Waals surface area (Å²) in [4.78, 5) is 40.9. The maximum atomic E-state index is 12.8. The van der Waals surface area contributed by atoms with Crippen LogP contribution in [0.2, 0.25) is 0 Å². The fourth-order valence-corrected chi connectivity index (χ4v) is 3.56. The smallest absolute Gasteiger partial charge is 0.265 e. The van der Waals surface area contributed by atoms with Crippen LogP contribution in [-0.2, 0) is 9.59 Å². The molecule has 1 aliphatic rings. The van der Waals surface area contributed by atoms with E-state index < -0.39 is 0 Å². The molecule has 0 fully saturated rings. The maximum absolute atomic E-state index is 12.8. The summed E-state index contributed by atoms with van der Waals surface area (Å²) in [7, 11) is 3.89. The fourth-order valence-electron chi connectivity index (χ4n) is 3.56. The minimum absolute atomic E-state index is 0.0461. The number of carbonyl (C=O) groups excluding carboxylic acids is 3. The maximum Gasteiger partial charge on any atom is 0.265 e. The van der Waals surface area contributed by atoms with E-state index in [1.54, 1.807) is 23.1 Å². The Morgan fingerprint density at radius 3 is 2.65 bits per heavy atom. The molecule has 8 heteroatoms. The van der Waals surface area contributed by atoms with E-state index in [-0.39, 0.29) is 30.8 Å². The molecule has 182 valence electrons.